The van der Waals surface area contributed by atoms with E-state index < -0.39 is 0 Å². The largest absolute Gasteiger partial charge is 0.491 e. The lowest BCUT2D eigenvalue weighted by atomic mass is 10.2. The van der Waals surface area contributed by atoms with Crippen LogP contribution in [0.4, 0.5) is 5.69 Å². The molecule has 0 N–H and O–H groups in total. The molecule has 0 spiro atoms. The summed E-state index contributed by atoms with van der Waals surface area (Å²) in [7, 11) is 0. The third-order valence-corrected chi connectivity index (χ3v) is 4.89. The highest BCUT2D eigenvalue weighted by Gasteiger charge is 2.16. The van der Waals surface area contributed by atoms with Crippen molar-refractivity contribution in [3.05, 3.63) is 23.5 Å². The summed E-state index contributed by atoms with van der Waals surface area (Å²) in [4.78, 5) is 3.60. The van der Waals surface area contributed by atoms with Gasteiger partial charge in [0, 0.05) is 0 Å². The summed E-state index contributed by atoms with van der Waals surface area (Å²) >= 11 is 0. The van der Waals surface area contributed by atoms with E-state index in [4.69, 9.17) is 20.8 Å². The van der Waals surface area contributed by atoms with Crippen LogP contribution in [0.5, 0.6) is 17.2 Å². The van der Waals surface area contributed by atoms with E-state index in [1.54, 1.807) is 12.1 Å². The maximum Gasteiger partial charge on any atom is 0.200 e. The lowest BCUT2D eigenvalue weighted by molar-refractivity contribution is 0.235. The topological polar surface area (TPSA) is 32.0 Å². The minimum atomic E-state index is 0.537. The van der Waals surface area contributed by atoms with Crippen LogP contribution in [0.15, 0.2) is 12.1 Å². The summed E-state index contributed by atoms with van der Waals surface area (Å²) in [5.41, 5.74) is 0.537. The molecule has 164 valence electrons. The van der Waals surface area contributed by atoms with Crippen molar-refractivity contribution in [2.24, 2.45) is 0 Å². The Hall–Kier alpha value is -1.89. The molecule has 0 bridgehead atoms. The monoisotopic (exact) mass is 403 g/mol. The highest BCUT2D eigenvalue weighted by atomic mass is 16.5. The van der Waals surface area contributed by atoms with Gasteiger partial charge < -0.3 is 14.2 Å². The van der Waals surface area contributed by atoms with Crippen molar-refractivity contribution in [3.63, 3.8) is 0 Å². The average molecular weight is 404 g/mol. The predicted octanol–water partition coefficient (Wildman–Crippen LogP) is 8.11. The first-order chi connectivity index (χ1) is 14.3. The summed E-state index contributed by atoms with van der Waals surface area (Å²) in [6, 6.07) is 3.58. The molecule has 4 heteroatoms. The second kappa shape index (κ2) is 17.0. The number of benzene rings is 1. The zero-order chi connectivity index (χ0) is 21.2. The Balaban J connectivity index is 2.83. The Morgan fingerprint density at radius 2 is 1.03 bits per heavy atom. The second-order valence-corrected chi connectivity index (χ2v) is 7.61. The van der Waals surface area contributed by atoms with E-state index in [0.717, 1.165) is 38.5 Å². The molecule has 29 heavy (non-hydrogen) atoms. The van der Waals surface area contributed by atoms with Gasteiger partial charge in [0.05, 0.1) is 26.4 Å². The van der Waals surface area contributed by atoms with Gasteiger partial charge in [0.15, 0.2) is 17.2 Å². The van der Waals surface area contributed by atoms with E-state index in [1.807, 2.05) is 0 Å². The quantitative estimate of drug-likeness (QED) is 0.183. The first kappa shape index (κ1) is 25.1. The van der Waals surface area contributed by atoms with Gasteiger partial charge >= 0.3 is 0 Å². The minimum absolute atomic E-state index is 0.537. The number of nitrogens with zero attached hydrogens (tertiary/aromatic N) is 1. The highest BCUT2D eigenvalue weighted by molar-refractivity contribution is 5.63. The predicted molar refractivity (Wildman–Crippen MR) is 122 cm³/mol. The maximum atomic E-state index is 7.43. The van der Waals surface area contributed by atoms with E-state index in [2.05, 4.69) is 25.6 Å². The lowest BCUT2D eigenvalue weighted by Crippen LogP contribution is -2.06. The Kier molecular flexibility index (Phi) is 14.7. The molecule has 0 atom stereocenters. The second-order valence-electron chi connectivity index (χ2n) is 7.61. The molecule has 0 heterocycles. The van der Waals surface area contributed by atoms with Gasteiger partial charge in [0.25, 0.3) is 0 Å². The summed E-state index contributed by atoms with van der Waals surface area (Å²) in [5.74, 6) is 1.96. The molecule has 0 amide bonds. The third kappa shape index (κ3) is 11.0. The zero-order valence-corrected chi connectivity index (χ0v) is 18.9. The first-order valence-electron chi connectivity index (χ1n) is 11.7. The fourth-order valence-corrected chi connectivity index (χ4v) is 3.11. The minimum Gasteiger partial charge on any atom is -0.491 e. The van der Waals surface area contributed by atoms with Gasteiger partial charge in [-0.15, -0.1) is 0 Å². The lowest BCUT2D eigenvalue weighted by Gasteiger charge is -2.18. The molecule has 0 saturated carbocycles. The van der Waals surface area contributed by atoms with Crippen LogP contribution in [0, 0.1) is 6.57 Å². The van der Waals surface area contributed by atoms with E-state index in [0.29, 0.717) is 42.8 Å². The number of rotatable bonds is 18. The van der Waals surface area contributed by atoms with Crippen LogP contribution in [0.3, 0.4) is 0 Å². The van der Waals surface area contributed by atoms with Crippen molar-refractivity contribution in [2.75, 3.05) is 19.8 Å². The maximum absolute atomic E-state index is 7.43. The number of ether oxygens (including phenoxy) is 3. The molecule has 0 fully saturated rings. The van der Waals surface area contributed by atoms with E-state index in [-0.39, 0.29) is 0 Å². The van der Waals surface area contributed by atoms with Crippen molar-refractivity contribution in [1.29, 1.82) is 0 Å². The van der Waals surface area contributed by atoms with E-state index >= 15 is 0 Å². The van der Waals surface area contributed by atoms with Gasteiger partial charge in [-0.2, -0.15) is 0 Å². The third-order valence-electron chi connectivity index (χ3n) is 4.89. The van der Waals surface area contributed by atoms with Crippen LogP contribution in [0.25, 0.3) is 4.85 Å². The molecular formula is C25H41NO3. The smallest absolute Gasteiger partial charge is 0.200 e. The number of unbranched alkanes of at least 4 members (excludes halogenated alkanes) is 9. The highest BCUT2D eigenvalue weighted by Crippen LogP contribution is 2.42. The van der Waals surface area contributed by atoms with Crippen molar-refractivity contribution in [2.45, 2.75) is 97.8 Å². The molecule has 0 aliphatic carbocycles. The molecular weight excluding hydrogens is 362 g/mol. The molecule has 1 rings (SSSR count). The van der Waals surface area contributed by atoms with Crippen molar-refractivity contribution >= 4 is 5.69 Å². The molecule has 0 unspecified atom stereocenters. The van der Waals surface area contributed by atoms with Gasteiger partial charge in [-0.25, -0.2) is 4.85 Å². The van der Waals surface area contributed by atoms with Gasteiger partial charge in [0.2, 0.25) is 5.75 Å². The van der Waals surface area contributed by atoms with Crippen LogP contribution in [-0.2, 0) is 0 Å². The summed E-state index contributed by atoms with van der Waals surface area (Å²) < 4.78 is 18.2. The number of hydrogen-bond acceptors (Lipinski definition) is 3. The van der Waals surface area contributed by atoms with E-state index in [1.165, 1.54) is 38.5 Å². The van der Waals surface area contributed by atoms with Crippen molar-refractivity contribution < 1.29 is 14.2 Å². The molecule has 0 aromatic heterocycles. The van der Waals surface area contributed by atoms with Gasteiger partial charge in [-0.05, 0) is 31.4 Å². The molecule has 0 radical (unpaired) electrons. The Morgan fingerprint density at radius 1 is 0.621 bits per heavy atom. The summed E-state index contributed by atoms with van der Waals surface area (Å²) in [6.45, 7) is 16.0. The van der Waals surface area contributed by atoms with Crippen LogP contribution < -0.4 is 14.2 Å². The normalized spacial score (nSPS) is 10.6. The Bertz CT molecular complexity index is 545. The SMILES string of the molecule is [C-]#[N+]c1cc(OCCCCCC)c(OCCCCCC)c(OCCCCCC)c1. The first-order valence-corrected chi connectivity index (χ1v) is 11.7. The molecule has 0 aliphatic heterocycles. The molecule has 0 saturated heterocycles. The molecule has 1 aromatic rings. The fourth-order valence-electron chi connectivity index (χ4n) is 3.11. The molecule has 0 aliphatic rings. The Labute approximate surface area is 178 Å². The molecule has 1 aromatic carbocycles. The number of hydrogen-bond donors (Lipinski definition) is 0. The van der Waals surface area contributed by atoms with Crippen LogP contribution in [0.2, 0.25) is 0 Å². The van der Waals surface area contributed by atoms with E-state index in [9.17, 15) is 0 Å². The molecule has 4 nitrogen and oxygen atoms in total. The van der Waals surface area contributed by atoms with Crippen LogP contribution in [0.1, 0.15) is 97.8 Å². The Morgan fingerprint density at radius 3 is 1.41 bits per heavy atom. The fraction of sp³-hybridized carbons (Fsp3) is 0.720. The van der Waals surface area contributed by atoms with Crippen molar-refractivity contribution in [1.82, 2.24) is 0 Å². The van der Waals surface area contributed by atoms with Crippen LogP contribution >= 0.6 is 0 Å². The summed E-state index contributed by atoms with van der Waals surface area (Å²) in [5, 5.41) is 0. The van der Waals surface area contributed by atoms with Gasteiger partial charge in [-0.1, -0.05) is 78.6 Å². The van der Waals surface area contributed by atoms with Gasteiger partial charge in [0.1, 0.15) is 0 Å². The van der Waals surface area contributed by atoms with Crippen molar-refractivity contribution in [3.8, 4) is 17.2 Å². The van der Waals surface area contributed by atoms with Crippen LogP contribution in [-0.4, -0.2) is 19.8 Å². The summed E-state index contributed by atoms with van der Waals surface area (Å²) in [6.07, 6.45) is 13.8. The van der Waals surface area contributed by atoms with Gasteiger partial charge in [-0.3, -0.25) is 0 Å². The standard InChI is InChI=1S/C25H41NO3/c1-5-8-11-14-17-27-23-20-22(26-4)21-24(28-18-15-12-9-6-2)25(23)29-19-16-13-10-7-3/h20-21H,5-19H2,1-3H3. The zero-order valence-electron chi connectivity index (χ0n) is 18.9. The average Bonchev–Trinajstić information content (AvgIpc) is 2.74.